The van der Waals surface area contributed by atoms with Gasteiger partial charge >= 0.3 is 0 Å². The quantitative estimate of drug-likeness (QED) is 0.775. The van der Waals surface area contributed by atoms with Crippen LogP contribution in [0.3, 0.4) is 0 Å². The molecule has 0 aliphatic carbocycles. The SMILES string of the molecule is CC[C@H](C)NC(=O)c1ccc(N(Cc2ccccc2Cl)S(C)(=O)=O)cc1. The summed E-state index contributed by atoms with van der Waals surface area (Å²) in [4.78, 5) is 12.2. The number of hydrogen-bond acceptors (Lipinski definition) is 3. The fraction of sp³-hybridized carbons (Fsp3) is 0.316. The number of anilines is 1. The number of carbonyl (C=O) groups is 1. The van der Waals surface area contributed by atoms with Gasteiger partial charge in [-0.25, -0.2) is 8.42 Å². The molecule has 0 aliphatic rings. The summed E-state index contributed by atoms with van der Waals surface area (Å²) in [5, 5.41) is 3.39. The van der Waals surface area contributed by atoms with E-state index in [1.165, 1.54) is 4.31 Å². The minimum Gasteiger partial charge on any atom is -0.350 e. The fourth-order valence-electron chi connectivity index (χ4n) is 2.37. The van der Waals surface area contributed by atoms with Crippen molar-refractivity contribution in [2.24, 2.45) is 0 Å². The van der Waals surface area contributed by atoms with Crippen molar-refractivity contribution in [2.45, 2.75) is 32.9 Å². The largest absolute Gasteiger partial charge is 0.350 e. The van der Waals surface area contributed by atoms with E-state index in [9.17, 15) is 13.2 Å². The second-order valence-corrected chi connectivity index (χ2v) is 8.50. The van der Waals surface area contributed by atoms with E-state index in [0.29, 0.717) is 21.8 Å². The van der Waals surface area contributed by atoms with Crippen molar-refractivity contribution in [3.05, 3.63) is 64.7 Å². The fourth-order valence-corrected chi connectivity index (χ4v) is 3.44. The van der Waals surface area contributed by atoms with E-state index in [2.05, 4.69) is 5.32 Å². The van der Waals surface area contributed by atoms with Crippen LogP contribution >= 0.6 is 11.6 Å². The maximum absolute atomic E-state index is 12.3. The molecule has 0 heterocycles. The second-order valence-electron chi connectivity index (χ2n) is 6.19. The lowest BCUT2D eigenvalue weighted by Crippen LogP contribution is -2.32. The second kappa shape index (κ2) is 8.56. The van der Waals surface area contributed by atoms with Crippen LogP contribution in [-0.4, -0.2) is 26.6 Å². The molecule has 0 saturated heterocycles. The van der Waals surface area contributed by atoms with Gasteiger partial charge in [-0.1, -0.05) is 36.7 Å². The lowest BCUT2D eigenvalue weighted by atomic mass is 10.1. The van der Waals surface area contributed by atoms with Gasteiger partial charge in [0.25, 0.3) is 5.91 Å². The van der Waals surface area contributed by atoms with Crippen molar-refractivity contribution in [2.75, 3.05) is 10.6 Å². The molecule has 2 aromatic rings. The molecule has 0 unspecified atom stereocenters. The zero-order chi connectivity index (χ0) is 19.3. The molecular weight excluding hydrogens is 372 g/mol. The summed E-state index contributed by atoms with van der Waals surface area (Å²) in [6.07, 6.45) is 1.98. The molecule has 2 aromatic carbocycles. The van der Waals surface area contributed by atoms with Crippen molar-refractivity contribution < 1.29 is 13.2 Å². The maximum atomic E-state index is 12.3. The highest BCUT2D eigenvalue weighted by atomic mass is 35.5. The van der Waals surface area contributed by atoms with Gasteiger partial charge in [0.1, 0.15) is 0 Å². The summed E-state index contributed by atoms with van der Waals surface area (Å²) in [6, 6.07) is 13.7. The molecule has 0 aliphatic heterocycles. The Bertz CT molecular complexity index is 867. The third kappa shape index (κ3) is 5.22. The van der Waals surface area contributed by atoms with Crippen molar-refractivity contribution in [1.29, 1.82) is 0 Å². The molecule has 140 valence electrons. The number of hydrogen-bond donors (Lipinski definition) is 1. The Hall–Kier alpha value is -2.05. The van der Waals surface area contributed by atoms with Gasteiger partial charge in [-0.3, -0.25) is 9.10 Å². The average molecular weight is 395 g/mol. The Morgan fingerprint density at radius 1 is 1.15 bits per heavy atom. The number of nitrogens with one attached hydrogen (secondary N) is 1. The highest BCUT2D eigenvalue weighted by Gasteiger charge is 2.19. The molecule has 0 fully saturated rings. The summed E-state index contributed by atoms with van der Waals surface area (Å²) in [6.45, 7) is 4.05. The predicted octanol–water partition coefficient (Wildman–Crippen LogP) is 3.83. The lowest BCUT2D eigenvalue weighted by molar-refractivity contribution is 0.0939. The van der Waals surface area contributed by atoms with Gasteiger partial charge < -0.3 is 5.32 Å². The summed E-state index contributed by atoms with van der Waals surface area (Å²) in [5.41, 5.74) is 1.67. The highest BCUT2D eigenvalue weighted by Crippen LogP contribution is 2.24. The number of rotatable bonds is 7. The highest BCUT2D eigenvalue weighted by molar-refractivity contribution is 7.92. The number of carbonyl (C=O) groups excluding carboxylic acids is 1. The number of nitrogens with zero attached hydrogens (tertiary/aromatic N) is 1. The van der Waals surface area contributed by atoms with E-state index >= 15 is 0 Å². The van der Waals surface area contributed by atoms with Crippen LogP contribution in [0, 0.1) is 0 Å². The molecule has 1 N–H and O–H groups in total. The van der Waals surface area contributed by atoms with Crippen molar-refractivity contribution >= 4 is 33.2 Å². The van der Waals surface area contributed by atoms with Crippen LogP contribution in [0.15, 0.2) is 48.5 Å². The Morgan fingerprint density at radius 3 is 2.31 bits per heavy atom. The minimum absolute atomic E-state index is 0.0786. The standard InChI is InChI=1S/C19H23ClN2O3S/c1-4-14(2)21-19(23)15-9-11-17(12-10-15)22(26(3,24)25)13-16-7-5-6-8-18(16)20/h5-12,14H,4,13H2,1-3H3,(H,21,23)/t14-/m0/s1. The molecule has 0 spiro atoms. The van der Waals surface area contributed by atoms with Crippen LogP contribution in [0.4, 0.5) is 5.69 Å². The van der Waals surface area contributed by atoms with E-state index < -0.39 is 10.0 Å². The lowest BCUT2D eigenvalue weighted by Gasteiger charge is -2.23. The first-order chi connectivity index (χ1) is 12.2. The van der Waals surface area contributed by atoms with Gasteiger partial charge in [-0.05, 0) is 49.2 Å². The first kappa shape index (κ1) is 20.3. The molecule has 26 heavy (non-hydrogen) atoms. The topological polar surface area (TPSA) is 66.5 Å². The summed E-state index contributed by atoms with van der Waals surface area (Å²) >= 11 is 6.16. The Labute approximate surface area is 160 Å². The molecule has 0 radical (unpaired) electrons. The maximum Gasteiger partial charge on any atom is 0.251 e. The zero-order valence-electron chi connectivity index (χ0n) is 15.1. The molecule has 1 atom stereocenters. The molecule has 0 bridgehead atoms. The average Bonchev–Trinajstić information content (AvgIpc) is 2.60. The number of benzene rings is 2. The first-order valence-electron chi connectivity index (χ1n) is 8.34. The van der Waals surface area contributed by atoms with Crippen LogP contribution in [0.5, 0.6) is 0 Å². The first-order valence-corrected chi connectivity index (χ1v) is 10.6. The number of halogens is 1. The van der Waals surface area contributed by atoms with Gasteiger partial charge in [-0.15, -0.1) is 0 Å². The molecule has 5 nitrogen and oxygen atoms in total. The minimum atomic E-state index is -3.51. The Kier molecular flexibility index (Phi) is 6.67. The normalized spacial score (nSPS) is 12.5. The van der Waals surface area contributed by atoms with Crippen LogP contribution in [-0.2, 0) is 16.6 Å². The van der Waals surface area contributed by atoms with E-state index in [4.69, 9.17) is 11.6 Å². The molecule has 0 saturated carbocycles. The molecule has 1 amide bonds. The van der Waals surface area contributed by atoms with E-state index in [1.807, 2.05) is 19.9 Å². The van der Waals surface area contributed by atoms with E-state index in [0.717, 1.165) is 12.7 Å². The van der Waals surface area contributed by atoms with Crippen molar-refractivity contribution in [1.82, 2.24) is 5.32 Å². The third-order valence-electron chi connectivity index (χ3n) is 4.08. The van der Waals surface area contributed by atoms with Crippen LogP contribution in [0.25, 0.3) is 0 Å². The van der Waals surface area contributed by atoms with Crippen LogP contribution in [0.1, 0.15) is 36.2 Å². The van der Waals surface area contributed by atoms with Gasteiger partial charge in [0, 0.05) is 16.6 Å². The number of amides is 1. The van der Waals surface area contributed by atoms with Crippen LogP contribution in [0.2, 0.25) is 5.02 Å². The van der Waals surface area contributed by atoms with Gasteiger partial charge in [-0.2, -0.15) is 0 Å². The van der Waals surface area contributed by atoms with Gasteiger partial charge in [0.2, 0.25) is 10.0 Å². The molecular formula is C19H23ClN2O3S. The smallest absolute Gasteiger partial charge is 0.251 e. The third-order valence-corrected chi connectivity index (χ3v) is 5.59. The molecule has 7 heteroatoms. The van der Waals surface area contributed by atoms with E-state index in [1.54, 1.807) is 42.5 Å². The van der Waals surface area contributed by atoms with Gasteiger partial charge in [0.05, 0.1) is 18.5 Å². The van der Waals surface area contributed by atoms with Crippen molar-refractivity contribution in [3.8, 4) is 0 Å². The number of sulfonamides is 1. The monoisotopic (exact) mass is 394 g/mol. The zero-order valence-corrected chi connectivity index (χ0v) is 16.6. The Morgan fingerprint density at radius 2 is 1.77 bits per heavy atom. The van der Waals surface area contributed by atoms with Crippen molar-refractivity contribution in [3.63, 3.8) is 0 Å². The summed E-state index contributed by atoms with van der Waals surface area (Å²) in [5.74, 6) is -0.178. The van der Waals surface area contributed by atoms with E-state index in [-0.39, 0.29) is 18.5 Å². The molecule has 2 rings (SSSR count). The van der Waals surface area contributed by atoms with Crippen LogP contribution < -0.4 is 9.62 Å². The molecule has 0 aromatic heterocycles. The summed E-state index contributed by atoms with van der Waals surface area (Å²) in [7, 11) is -3.51. The summed E-state index contributed by atoms with van der Waals surface area (Å²) < 4.78 is 25.8. The predicted molar refractivity (Wildman–Crippen MR) is 106 cm³/mol. The van der Waals surface area contributed by atoms with Gasteiger partial charge in [0.15, 0.2) is 0 Å². The Balaban J connectivity index is 2.27.